The minimum atomic E-state index is 0.576. The summed E-state index contributed by atoms with van der Waals surface area (Å²) in [6.07, 6.45) is 2.59. The van der Waals surface area contributed by atoms with Crippen LogP contribution in [0.4, 0.5) is 0 Å². The van der Waals surface area contributed by atoms with Crippen LogP contribution in [0.1, 0.15) is 52.8 Å². The summed E-state index contributed by atoms with van der Waals surface area (Å²) < 4.78 is 0. The summed E-state index contributed by atoms with van der Waals surface area (Å²) in [5.74, 6) is 0.736. The zero-order valence-electron chi connectivity index (χ0n) is 9.10. The van der Waals surface area contributed by atoms with Gasteiger partial charge in [0.15, 0.2) is 0 Å². The number of hydrogen-bond acceptors (Lipinski definition) is 0. The van der Waals surface area contributed by atoms with Crippen molar-refractivity contribution < 1.29 is 0 Å². The van der Waals surface area contributed by atoms with E-state index in [1.807, 2.05) is 0 Å². The van der Waals surface area contributed by atoms with Gasteiger partial charge < -0.3 is 0 Å². The molecule has 0 bridgehead atoms. The molecule has 0 saturated heterocycles. The molecule has 76 valence electrons. The summed E-state index contributed by atoms with van der Waals surface area (Å²) in [5.41, 5.74) is 5.97. The van der Waals surface area contributed by atoms with E-state index in [2.05, 4.69) is 48.8 Å². The SMILES string of the molecule is Cc1cc(C)c2c(c1)C(Br)CCC2C. The first-order valence-corrected chi connectivity index (χ1v) is 6.26. The van der Waals surface area contributed by atoms with Crippen LogP contribution in [-0.2, 0) is 0 Å². The Bertz CT molecular complexity index is 354. The minimum absolute atomic E-state index is 0.576. The van der Waals surface area contributed by atoms with Crippen molar-refractivity contribution in [3.8, 4) is 0 Å². The fraction of sp³-hybridized carbons (Fsp3) is 0.538. The number of aryl methyl sites for hydroxylation is 2. The largest absolute Gasteiger partial charge is 0.0839 e. The molecule has 2 unspecified atom stereocenters. The third-order valence-electron chi connectivity index (χ3n) is 3.25. The molecular weight excluding hydrogens is 236 g/mol. The van der Waals surface area contributed by atoms with Crippen LogP contribution in [0.5, 0.6) is 0 Å². The highest BCUT2D eigenvalue weighted by molar-refractivity contribution is 9.09. The molecule has 0 heterocycles. The van der Waals surface area contributed by atoms with E-state index >= 15 is 0 Å². The molecule has 2 rings (SSSR count). The van der Waals surface area contributed by atoms with E-state index in [-0.39, 0.29) is 0 Å². The summed E-state index contributed by atoms with van der Waals surface area (Å²) in [6, 6.07) is 4.65. The molecule has 0 radical (unpaired) electrons. The molecule has 0 nitrogen and oxygen atoms in total. The highest BCUT2D eigenvalue weighted by Crippen LogP contribution is 2.43. The predicted molar refractivity (Wildman–Crippen MR) is 65.2 cm³/mol. The minimum Gasteiger partial charge on any atom is -0.0839 e. The second kappa shape index (κ2) is 3.69. The van der Waals surface area contributed by atoms with Gasteiger partial charge in [0, 0.05) is 4.83 Å². The van der Waals surface area contributed by atoms with Gasteiger partial charge in [-0.3, -0.25) is 0 Å². The molecule has 0 saturated carbocycles. The fourth-order valence-electron chi connectivity index (χ4n) is 2.64. The molecule has 0 spiro atoms. The van der Waals surface area contributed by atoms with Crippen LogP contribution in [0, 0.1) is 13.8 Å². The maximum absolute atomic E-state index is 3.78. The van der Waals surface area contributed by atoms with Crippen LogP contribution >= 0.6 is 15.9 Å². The Morgan fingerprint density at radius 2 is 1.93 bits per heavy atom. The van der Waals surface area contributed by atoms with Gasteiger partial charge in [0.25, 0.3) is 0 Å². The van der Waals surface area contributed by atoms with Crippen LogP contribution in [0.25, 0.3) is 0 Å². The van der Waals surface area contributed by atoms with Crippen molar-refractivity contribution in [2.45, 2.75) is 44.4 Å². The van der Waals surface area contributed by atoms with Crippen molar-refractivity contribution >= 4 is 15.9 Å². The van der Waals surface area contributed by atoms with Gasteiger partial charge in [-0.15, -0.1) is 0 Å². The van der Waals surface area contributed by atoms with E-state index in [1.54, 1.807) is 5.56 Å². The highest BCUT2D eigenvalue weighted by Gasteiger charge is 2.24. The number of benzene rings is 1. The monoisotopic (exact) mass is 252 g/mol. The Morgan fingerprint density at radius 1 is 1.21 bits per heavy atom. The summed E-state index contributed by atoms with van der Waals surface area (Å²) in [5, 5.41) is 0. The predicted octanol–water partition coefficient (Wildman–Crippen LogP) is 4.64. The van der Waals surface area contributed by atoms with E-state index in [1.165, 1.54) is 29.5 Å². The molecule has 0 aromatic heterocycles. The van der Waals surface area contributed by atoms with Crippen molar-refractivity contribution in [3.63, 3.8) is 0 Å². The van der Waals surface area contributed by atoms with Crippen LogP contribution in [0.3, 0.4) is 0 Å². The van der Waals surface area contributed by atoms with Crippen LogP contribution in [0.15, 0.2) is 12.1 Å². The van der Waals surface area contributed by atoms with Gasteiger partial charge in [0.2, 0.25) is 0 Å². The lowest BCUT2D eigenvalue weighted by Crippen LogP contribution is -2.11. The molecule has 0 amide bonds. The second-order valence-corrected chi connectivity index (χ2v) is 5.64. The lowest BCUT2D eigenvalue weighted by molar-refractivity contribution is 0.583. The first kappa shape index (κ1) is 10.2. The number of fused-ring (bicyclic) bond motifs is 1. The van der Waals surface area contributed by atoms with Crippen LogP contribution < -0.4 is 0 Å². The van der Waals surface area contributed by atoms with Gasteiger partial charge in [-0.05, 0) is 49.3 Å². The van der Waals surface area contributed by atoms with Gasteiger partial charge in [-0.2, -0.15) is 0 Å². The average Bonchev–Trinajstić information content (AvgIpc) is 2.10. The molecule has 0 aliphatic heterocycles. The Labute approximate surface area is 94.8 Å². The van der Waals surface area contributed by atoms with Crippen molar-refractivity contribution in [2.75, 3.05) is 0 Å². The quantitative estimate of drug-likeness (QED) is 0.591. The topological polar surface area (TPSA) is 0 Å². The molecule has 1 aliphatic carbocycles. The van der Waals surface area contributed by atoms with E-state index in [0.29, 0.717) is 4.83 Å². The zero-order valence-corrected chi connectivity index (χ0v) is 10.7. The van der Waals surface area contributed by atoms with E-state index in [0.717, 1.165) is 5.92 Å². The Balaban J connectivity index is 2.60. The number of halogens is 1. The first-order chi connectivity index (χ1) is 6.59. The standard InChI is InChI=1S/C13H17Br/c1-8-6-10(3)13-9(2)4-5-12(14)11(13)7-8/h6-7,9,12H,4-5H2,1-3H3. The Morgan fingerprint density at radius 3 is 2.64 bits per heavy atom. The molecule has 1 aliphatic rings. The fourth-order valence-corrected chi connectivity index (χ4v) is 3.28. The molecule has 14 heavy (non-hydrogen) atoms. The molecule has 1 heteroatoms. The molecule has 0 fully saturated rings. The van der Waals surface area contributed by atoms with E-state index < -0.39 is 0 Å². The van der Waals surface area contributed by atoms with Gasteiger partial charge in [0.05, 0.1) is 0 Å². The zero-order chi connectivity index (χ0) is 10.3. The average molecular weight is 253 g/mol. The number of alkyl halides is 1. The van der Waals surface area contributed by atoms with Crippen molar-refractivity contribution in [2.24, 2.45) is 0 Å². The van der Waals surface area contributed by atoms with Crippen LogP contribution in [0.2, 0.25) is 0 Å². The Hall–Kier alpha value is -0.300. The number of rotatable bonds is 0. The lowest BCUT2D eigenvalue weighted by atomic mass is 9.80. The van der Waals surface area contributed by atoms with Gasteiger partial charge in [-0.1, -0.05) is 40.5 Å². The third kappa shape index (κ3) is 1.63. The Kier molecular flexibility index (Phi) is 2.70. The van der Waals surface area contributed by atoms with Gasteiger partial charge in [-0.25, -0.2) is 0 Å². The summed E-state index contributed by atoms with van der Waals surface area (Å²) in [6.45, 7) is 6.78. The first-order valence-electron chi connectivity index (χ1n) is 5.34. The molecule has 1 aromatic rings. The van der Waals surface area contributed by atoms with Gasteiger partial charge in [0.1, 0.15) is 0 Å². The van der Waals surface area contributed by atoms with E-state index in [9.17, 15) is 0 Å². The summed E-state index contributed by atoms with van der Waals surface area (Å²) >= 11 is 3.78. The normalized spacial score (nSPS) is 26.0. The number of hydrogen-bond donors (Lipinski definition) is 0. The highest BCUT2D eigenvalue weighted by atomic mass is 79.9. The summed E-state index contributed by atoms with van der Waals surface area (Å²) in [4.78, 5) is 0.576. The maximum Gasteiger partial charge on any atom is 0.0398 e. The lowest BCUT2D eigenvalue weighted by Gasteiger charge is -2.28. The van der Waals surface area contributed by atoms with Crippen molar-refractivity contribution in [3.05, 3.63) is 34.4 Å². The van der Waals surface area contributed by atoms with Crippen molar-refractivity contribution in [1.82, 2.24) is 0 Å². The van der Waals surface area contributed by atoms with Gasteiger partial charge >= 0.3 is 0 Å². The molecular formula is C13H17Br. The smallest absolute Gasteiger partial charge is 0.0398 e. The molecule has 2 atom stereocenters. The maximum atomic E-state index is 3.78. The molecule has 0 N–H and O–H groups in total. The summed E-state index contributed by atoms with van der Waals surface area (Å²) in [7, 11) is 0. The van der Waals surface area contributed by atoms with E-state index in [4.69, 9.17) is 0 Å². The third-order valence-corrected chi connectivity index (χ3v) is 4.20. The second-order valence-electron chi connectivity index (χ2n) is 4.53. The molecule has 1 aromatic carbocycles. The van der Waals surface area contributed by atoms with Crippen LogP contribution in [-0.4, -0.2) is 0 Å². The van der Waals surface area contributed by atoms with Crippen molar-refractivity contribution in [1.29, 1.82) is 0 Å².